The molecule has 1 aromatic rings. The Morgan fingerprint density at radius 1 is 1.85 bits per heavy atom. The molecule has 1 radical (unpaired) electrons. The molecule has 0 amide bonds. The smallest absolute Gasteiger partial charge is 0.383 e. The van der Waals surface area contributed by atoms with E-state index in [0.29, 0.717) is 5.69 Å². The number of nitrogens with zero attached hydrogens (tertiary/aromatic N) is 1. The Hall–Kier alpha value is -1.69. The summed E-state index contributed by atoms with van der Waals surface area (Å²) in [6.07, 6.45) is 3.26. The van der Waals surface area contributed by atoms with Crippen molar-refractivity contribution in [2.75, 3.05) is 0 Å². The van der Waals surface area contributed by atoms with Gasteiger partial charge in [0, 0.05) is 18.3 Å². The van der Waals surface area contributed by atoms with E-state index in [4.69, 9.17) is 5.73 Å². The van der Waals surface area contributed by atoms with Crippen LogP contribution in [0.5, 0.6) is 0 Å². The second-order valence-corrected chi connectivity index (χ2v) is 2.39. The van der Waals surface area contributed by atoms with Gasteiger partial charge in [-0.25, -0.2) is 14.6 Å². The van der Waals surface area contributed by atoms with Crippen molar-refractivity contribution >= 4 is 12.4 Å². The van der Waals surface area contributed by atoms with Gasteiger partial charge < -0.3 is 15.5 Å². The normalized spacial score (nSPS) is 12.1. The molecule has 13 heavy (non-hydrogen) atoms. The average Bonchev–Trinajstić information content (AvgIpc) is 2.57. The summed E-state index contributed by atoms with van der Waals surface area (Å²) in [5.41, 5.74) is 6.10. The Kier molecular flexibility index (Phi) is 3.15. The number of carbonyl (C=O) groups is 1. The zero-order chi connectivity index (χ0) is 9.68. The number of carbonyl (C=O) groups excluding carboxylic acids is 2. The van der Waals surface area contributed by atoms with Gasteiger partial charge in [-0.15, -0.1) is 0 Å². The van der Waals surface area contributed by atoms with Crippen LogP contribution in [0.15, 0.2) is 12.5 Å². The number of rotatable bonds is 4. The highest BCUT2D eigenvalue weighted by atomic mass is 16.6. The summed E-state index contributed by atoms with van der Waals surface area (Å²) in [5.74, 6) is -0.801. The lowest BCUT2D eigenvalue weighted by Crippen LogP contribution is -2.34. The lowest BCUT2D eigenvalue weighted by molar-refractivity contribution is -0.137. The van der Waals surface area contributed by atoms with Crippen LogP contribution in [-0.4, -0.2) is 28.5 Å². The summed E-state index contributed by atoms with van der Waals surface area (Å²) in [4.78, 5) is 27.0. The lowest BCUT2D eigenvalue weighted by Gasteiger charge is -2.04. The number of H-pyrrole nitrogens is 1. The molecule has 0 unspecified atom stereocenters. The fourth-order valence-electron chi connectivity index (χ4n) is 0.833. The minimum atomic E-state index is -0.873. The highest BCUT2D eigenvalue weighted by molar-refractivity contribution is 5.81. The van der Waals surface area contributed by atoms with Gasteiger partial charge in [0.05, 0.1) is 6.33 Å². The maximum Gasteiger partial charge on any atom is 0.425 e. The molecule has 6 nitrogen and oxygen atoms in total. The molecule has 0 fully saturated rings. The highest BCUT2D eigenvalue weighted by Crippen LogP contribution is 1.97. The first-order chi connectivity index (χ1) is 6.24. The number of esters is 1. The van der Waals surface area contributed by atoms with Gasteiger partial charge in [0.25, 0.3) is 0 Å². The van der Waals surface area contributed by atoms with E-state index in [1.807, 2.05) is 0 Å². The van der Waals surface area contributed by atoms with Gasteiger partial charge in [-0.1, -0.05) is 0 Å². The first kappa shape index (κ1) is 9.40. The minimum Gasteiger partial charge on any atom is -0.383 e. The quantitative estimate of drug-likeness (QED) is 0.454. The molecule has 0 saturated carbocycles. The van der Waals surface area contributed by atoms with Crippen molar-refractivity contribution in [3.63, 3.8) is 0 Å². The molecule has 0 spiro atoms. The Balaban J connectivity index is 2.45. The fourth-order valence-corrected chi connectivity index (χ4v) is 0.833. The Bertz CT molecular complexity index is 283. The monoisotopic (exact) mass is 182 g/mol. The predicted octanol–water partition coefficient (Wildman–Crippen LogP) is -1.11. The molecular formula is C7H8N3O3. The Morgan fingerprint density at radius 3 is 3.15 bits per heavy atom. The molecule has 0 aliphatic carbocycles. The third-order valence-electron chi connectivity index (χ3n) is 1.44. The number of aromatic amines is 1. The van der Waals surface area contributed by atoms with Crippen LogP contribution in [0.4, 0.5) is 0 Å². The zero-order valence-electron chi connectivity index (χ0n) is 6.69. The number of ether oxygens (including phenoxy) is 1. The van der Waals surface area contributed by atoms with E-state index in [1.54, 1.807) is 0 Å². The van der Waals surface area contributed by atoms with Crippen LogP contribution in [0, 0.1) is 0 Å². The fraction of sp³-hybridized carbons (Fsp3) is 0.286. The lowest BCUT2D eigenvalue weighted by atomic mass is 10.2. The summed E-state index contributed by atoms with van der Waals surface area (Å²) >= 11 is 0. The molecule has 1 aromatic heterocycles. The van der Waals surface area contributed by atoms with E-state index in [9.17, 15) is 9.59 Å². The number of aromatic nitrogens is 2. The van der Waals surface area contributed by atoms with Crippen molar-refractivity contribution in [1.82, 2.24) is 9.97 Å². The summed E-state index contributed by atoms with van der Waals surface area (Å²) in [5, 5.41) is 0. The van der Waals surface area contributed by atoms with Crippen LogP contribution in [0.1, 0.15) is 5.69 Å². The van der Waals surface area contributed by atoms with Gasteiger partial charge >= 0.3 is 12.4 Å². The van der Waals surface area contributed by atoms with E-state index in [0.717, 1.165) is 6.47 Å². The predicted molar refractivity (Wildman–Crippen MR) is 42.1 cm³/mol. The van der Waals surface area contributed by atoms with Crippen LogP contribution in [0.3, 0.4) is 0 Å². The van der Waals surface area contributed by atoms with Crippen molar-refractivity contribution in [3.8, 4) is 0 Å². The second kappa shape index (κ2) is 4.36. The molecule has 1 rings (SSSR count). The van der Waals surface area contributed by atoms with E-state index in [2.05, 4.69) is 14.7 Å². The Labute approximate surface area is 74.1 Å². The van der Waals surface area contributed by atoms with Gasteiger partial charge in [0.15, 0.2) is 0 Å². The van der Waals surface area contributed by atoms with Crippen LogP contribution < -0.4 is 5.73 Å². The molecule has 0 bridgehead atoms. The van der Waals surface area contributed by atoms with Crippen LogP contribution in [-0.2, 0) is 20.7 Å². The van der Waals surface area contributed by atoms with Gasteiger partial charge in [0.1, 0.15) is 6.04 Å². The molecule has 6 heteroatoms. The Morgan fingerprint density at radius 2 is 2.62 bits per heavy atom. The molecule has 69 valence electrons. The third kappa shape index (κ3) is 2.68. The SMILES string of the molecule is N[C@@H](Cc1cnc[nH]1)C(=O)O[C]=O. The molecule has 0 saturated heterocycles. The summed E-state index contributed by atoms with van der Waals surface area (Å²) < 4.78 is 3.95. The maximum atomic E-state index is 10.8. The second-order valence-electron chi connectivity index (χ2n) is 2.39. The third-order valence-corrected chi connectivity index (χ3v) is 1.44. The van der Waals surface area contributed by atoms with E-state index < -0.39 is 12.0 Å². The molecule has 0 aromatic carbocycles. The number of nitrogens with one attached hydrogen (secondary N) is 1. The molecule has 0 aliphatic heterocycles. The van der Waals surface area contributed by atoms with Crippen molar-refractivity contribution in [3.05, 3.63) is 18.2 Å². The van der Waals surface area contributed by atoms with Gasteiger partial charge in [-0.05, 0) is 0 Å². The van der Waals surface area contributed by atoms with Crippen LogP contribution in [0.25, 0.3) is 0 Å². The number of imidazole rings is 1. The van der Waals surface area contributed by atoms with Crippen LogP contribution in [0.2, 0.25) is 0 Å². The maximum absolute atomic E-state index is 10.8. The number of nitrogens with two attached hydrogens (primary N) is 1. The van der Waals surface area contributed by atoms with Crippen molar-refractivity contribution in [1.29, 1.82) is 0 Å². The van der Waals surface area contributed by atoms with Crippen molar-refractivity contribution in [2.24, 2.45) is 5.73 Å². The molecule has 1 heterocycles. The molecule has 0 aliphatic rings. The van der Waals surface area contributed by atoms with Crippen molar-refractivity contribution < 1.29 is 14.3 Å². The van der Waals surface area contributed by atoms with Gasteiger partial charge in [0.2, 0.25) is 0 Å². The van der Waals surface area contributed by atoms with Gasteiger partial charge in [-0.3, -0.25) is 0 Å². The van der Waals surface area contributed by atoms with Crippen LogP contribution >= 0.6 is 0 Å². The van der Waals surface area contributed by atoms with Gasteiger partial charge in [-0.2, -0.15) is 0 Å². The largest absolute Gasteiger partial charge is 0.425 e. The molecule has 1 atom stereocenters. The van der Waals surface area contributed by atoms with E-state index in [1.165, 1.54) is 12.5 Å². The first-order valence-electron chi connectivity index (χ1n) is 3.54. The van der Waals surface area contributed by atoms with E-state index in [-0.39, 0.29) is 6.42 Å². The number of hydrogen-bond donors (Lipinski definition) is 2. The molecule has 3 N–H and O–H groups in total. The standard InChI is InChI=1S/C7H8N3O3/c8-6(7(12)13-4-11)1-5-2-9-3-10-5/h2-3,6H,1,8H2,(H,9,10)/t6-/m0/s1. The zero-order valence-corrected chi connectivity index (χ0v) is 6.69. The van der Waals surface area contributed by atoms with E-state index >= 15 is 0 Å². The minimum absolute atomic E-state index is 0.251. The van der Waals surface area contributed by atoms with Crippen molar-refractivity contribution in [2.45, 2.75) is 12.5 Å². The summed E-state index contributed by atoms with van der Waals surface area (Å²) in [7, 11) is 0. The topological polar surface area (TPSA) is 98.1 Å². The number of hydrogen-bond acceptors (Lipinski definition) is 5. The molecular weight excluding hydrogens is 174 g/mol. The summed E-state index contributed by atoms with van der Waals surface area (Å²) in [6.45, 7) is 1.02. The average molecular weight is 182 g/mol. The first-order valence-corrected chi connectivity index (χ1v) is 3.54. The highest BCUT2D eigenvalue weighted by Gasteiger charge is 2.16. The summed E-state index contributed by atoms with van der Waals surface area (Å²) in [6, 6.07) is -0.873.